The Morgan fingerprint density at radius 2 is 1.86 bits per heavy atom. The van der Waals surface area contributed by atoms with Gasteiger partial charge in [-0.3, -0.25) is 14.6 Å². The Kier molecular flexibility index (Phi) is 6.21. The van der Waals surface area contributed by atoms with Crippen molar-refractivity contribution in [2.45, 2.75) is 64.7 Å². The summed E-state index contributed by atoms with van der Waals surface area (Å²) in [5, 5.41) is 3.31. The highest BCUT2D eigenvalue weighted by Crippen LogP contribution is 2.41. The second-order valence-corrected chi connectivity index (χ2v) is 9.78. The fraction of sp³-hybridized carbons (Fsp3) is 0.708. The van der Waals surface area contributed by atoms with Gasteiger partial charge >= 0.3 is 0 Å². The molecule has 2 aliphatic carbocycles. The first kappa shape index (κ1) is 20.4. The van der Waals surface area contributed by atoms with Crippen molar-refractivity contribution in [3.05, 3.63) is 30.1 Å². The van der Waals surface area contributed by atoms with Crippen LogP contribution in [0.1, 0.15) is 63.9 Å². The van der Waals surface area contributed by atoms with Crippen LogP contribution in [0, 0.1) is 23.2 Å². The van der Waals surface area contributed by atoms with E-state index in [4.69, 9.17) is 0 Å². The largest absolute Gasteiger partial charge is 0.355 e. The first-order valence-electron chi connectivity index (χ1n) is 11.5. The van der Waals surface area contributed by atoms with Gasteiger partial charge in [-0.25, -0.2) is 0 Å². The number of amides is 2. The maximum absolute atomic E-state index is 12.8. The number of likely N-dealkylation sites (tertiary alicyclic amines) is 1. The summed E-state index contributed by atoms with van der Waals surface area (Å²) < 4.78 is 0. The molecule has 5 heteroatoms. The van der Waals surface area contributed by atoms with Crippen LogP contribution in [-0.2, 0) is 16.0 Å². The third-order valence-electron chi connectivity index (χ3n) is 7.73. The minimum atomic E-state index is -0.172. The van der Waals surface area contributed by atoms with Crippen LogP contribution in [0.2, 0.25) is 0 Å². The summed E-state index contributed by atoms with van der Waals surface area (Å²) in [5.74, 6) is 2.11. The molecular weight excluding hydrogens is 362 g/mol. The van der Waals surface area contributed by atoms with E-state index in [0.29, 0.717) is 24.2 Å². The van der Waals surface area contributed by atoms with Gasteiger partial charge in [-0.05, 0) is 61.1 Å². The number of rotatable bonds is 5. The van der Waals surface area contributed by atoms with Gasteiger partial charge in [0.15, 0.2) is 0 Å². The van der Waals surface area contributed by atoms with Gasteiger partial charge < -0.3 is 10.2 Å². The number of nitrogens with zero attached hydrogens (tertiary/aromatic N) is 2. The normalized spacial score (nSPS) is 28.6. The predicted octanol–water partition coefficient (Wildman–Crippen LogP) is 3.59. The molecule has 1 aromatic heterocycles. The number of aromatic nitrogens is 1. The summed E-state index contributed by atoms with van der Waals surface area (Å²) in [4.78, 5) is 31.8. The van der Waals surface area contributed by atoms with E-state index in [2.05, 4.69) is 22.1 Å². The van der Waals surface area contributed by atoms with Crippen molar-refractivity contribution in [3.8, 4) is 0 Å². The molecule has 0 unspecified atom stereocenters. The van der Waals surface area contributed by atoms with E-state index < -0.39 is 0 Å². The number of carbonyl (C=O) groups is 2. The van der Waals surface area contributed by atoms with E-state index >= 15 is 0 Å². The fourth-order valence-corrected chi connectivity index (χ4v) is 5.83. The van der Waals surface area contributed by atoms with Gasteiger partial charge in [0.25, 0.3) is 0 Å². The molecule has 3 aliphatic rings. The topological polar surface area (TPSA) is 62.3 Å². The number of hydrogen-bond donors (Lipinski definition) is 1. The molecule has 29 heavy (non-hydrogen) atoms. The lowest BCUT2D eigenvalue weighted by molar-refractivity contribution is -0.132. The number of nitrogens with one attached hydrogen (secondary N) is 1. The summed E-state index contributed by atoms with van der Waals surface area (Å²) in [6.07, 6.45) is 13.2. The summed E-state index contributed by atoms with van der Waals surface area (Å²) in [6, 6.07) is 3.84. The maximum Gasteiger partial charge on any atom is 0.227 e. The molecule has 3 fully saturated rings. The molecule has 1 aromatic rings. The number of pyridine rings is 1. The van der Waals surface area contributed by atoms with Crippen LogP contribution in [0.4, 0.5) is 0 Å². The predicted molar refractivity (Wildman–Crippen MR) is 113 cm³/mol. The van der Waals surface area contributed by atoms with Crippen LogP contribution in [0.5, 0.6) is 0 Å². The smallest absolute Gasteiger partial charge is 0.227 e. The molecule has 5 nitrogen and oxygen atoms in total. The SMILES string of the molecule is CC1(C(=O)NC[C@H]2CCC[C@H]3CN(C(=O)Cc4ccncc4)C[C@H]23)CCCCC1. The Morgan fingerprint density at radius 1 is 1.10 bits per heavy atom. The average molecular weight is 398 g/mol. The van der Waals surface area contributed by atoms with E-state index in [1.165, 1.54) is 38.5 Å². The lowest BCUT2D eigenvalue weighted by atomic mass is 9.73. The molecule has 2 heterocycles. The summed E-state index contributed by atoms with van der Waals surface area (Å²) in [7, 11) is 0. The van der Waals surface area contributed by atoms with Gasteiger partial charge in [0.05, 0.1) is 6.42 Å². The molecule has 2 amide bonds. The second-order valence-electron chi connectivity index (χ2n) is 9.78. The third kappa shape index (κ3) is 4.65. The van der Waals surface area contributed by atoms with Crippen molar-refractivity contribution in [1.82, 2.24) is 15.2 Å². The minimum absolute atomic E-state index is 0.172. The average Bonchev–Trinajstić information content (AvgIpc) is 3.18. The van der Waals surface area contributed by atoms with Crippen LogP contribution < -0.4 is 5.32 Å². The number of hydrogen-bond acceptors (Lipinski definition) is 3. The van der Waals surface area contributed by atoms with Crippen LogP contribution >= 0.6 is 0 Å². The molecular formula is C24H35N3O2. The highest BCUT2D eigenvalue weighted by Gasteiger charge is 2.42. The molecule has 0 bridgehead atoms. The monoisotopic (exact) mass is 397 g/mol. The van der Waals surface area contributed by atoms with Crippen molar-refractivity contribution in [2.75, 3.05) is 19.6 Å². The van der Waals surface area contributed by atoms with E-state index in [0.717, 1.165) is 38.0 Å². The van der Waals surface area contributed by atoms with Crippen LogP contribution in [-0.4, -0.2) is 41.3 Å². The Labute approximate surface area is 174 Å². The highest BCUT2D eigenvalue weighted by atomic mass is 16.2. The van der Waals surface area contributed by atoms with E-state index in [1.807, 2.05) is 12.1 Å². The summed E-state index contributed by atoms with van der Waals surface area (Å²) in [6.45, 7) is 4.66. The Hall–Kier alpha value is -1.91. The molecule has 3 atom stereocenters. The zero-order valence-corrected chi connectivity index (χ0v) is 17.7. The first-order valence-corrected chi connectivity index (χ1v) is 11.5. The first-order chi connectivity index (χ1) is 14.0. The van der Waals surface area contributed by atoms with Crippen molar-refractivity contribution >= 4 is 11.8 Å². The highest BCUT2D eigenvalue weighted by molar-refractivity contribution is 5.82. The van der Waals surface area contributed by atoms with E-state index in [-0.39, 0.29) is 17.2 Å². The Morgan fingerprint density at radius 3 is 2.62 bits per heavy atom. The molecule has 2 saturated carbocycles. The van der Waals surface area contributed by atoms with Crippen LogP contribution in [0.3, 0.4) is 0 Å². The van der Waals surface area contributed by atoms with Gasteiger partial charge in [-0.15, -0.1) is 0 Å². The molecule has 158 valence electrons. The maximum atomic E-state index is 12.8. The lowest BCUT2D eigenvalue weighted by Gasteiger charge is -2.35. The third-order valence-corrected chi connectivity index (χ3v) is 7.73. The van der Waals surface area contributed by atoms with E-state index in [9.17, 15) is 9.59 Å². The molecule has 1 aliphatic heterocycles. The van der Waals surface area contributed by atoms with Crippen LogP contribution in [0.15, 0.2) is 24.5 Å². The fourth-order valence-electron chi connectivity index (χ4n) is 5.83. The summed E-state index contributed by atoms with van der Waals surface area (Å²) in [5.41, 5.74) is 0.860. The summed E-state index contributed by atoms with van der Waals surface area (Å²) >= 11 is 0. The van der Waals surface area contributed by atoms with Gasteiger partial charge in [0.2, 0.25) is 11.8 Å². The molecule has 0 aromatic carbocycles. The zero-order chi connectivity index (χ0) is 20.3. The Balaban J connectivity index is 1.32. The minimum Gasteiger partial charge on any atom is -0.355 e. The standard InChI is InChI=1S/C24H35N3O2/c1-24(10-3-2-4-11-24)23(29)26-15-19-6-5-7-20-16-27(17-21(19)20)22(28)14-18-8-12-25-13-9-18/h8-9,12-13,19-21H,2-7,10-11,14-17H2,1H3,(H,26,29)/t19-,20+,21-/m1/s1. The lowest BCUT2D eigenvalue weighted by Crippen LogP contribution is -2.44. The molecule has 0 spiro atoms. The Bertz CT molecular complexity index is 714. The van der Waals surface area contributed by atoms with Crippen molar-refractivity contribution in [1.29, 1.82) is 0 Å². The molecule has 4 rings (SSSR count). The van der Waals surface area contributed by atoms with Crippen molar-refractivity contribution in [2.24, 2.45) is 23.2 Å². The second kappa shape index (κ2) is 8.85. The van der Waals surface area contributed by atoms with Crippen molar-refractivity contribution in [3.63, 3.8) is 0 Å². The number of carbonyl (C=O) groups excluding carboxylic acids is 2. The quantitative estimate of drug-likeness (QED) is 0.826. The molecule has 1 saturated heterocycles. The number of fused-ring (bicyclic) bond motifs is 1. The van der Waals surface area contributed by atoms with Crippen molar-refractivity contribution < 1.29 is 9.59 Å². The van der Waals surface area contributed by atoms with Crippen LogP contribution in [0.25, 0.3) is 0 Å². The zero-order valence-electron chi connectivity index (χ0n) is 17.7. The van der Waals surface area contributed by atoms with Gasteiger partial charge in [-0.2, -0.15) is 0 Å². The molecule has 0 radical (unpaired) electrons. The van der Waals surface area contributed by atoms with E-state index in [1.54, 1.807) is 12.4 Å². The van der Waals surface area contributed by atoms with Gasteiger partial charge in [-0.1, -0.05) is 32.6 Å². The van der Waals surface area contributed by atoms with Gasteiger partial charge in [0, 0.05) is 37.4 Å². The molecule has 1 N–H and O–H groups in total. The van der Waals surface area contributed by atoms with Gasteiger partial charge in [0.1, 0.15) is 0 Å².